The molecule has 1 aromatic carbocycles. The zero-order chi connectivity index (χ0) is 21.6. The molecule has 1 fully saturated rings. The fourth-order valence-electron chi connectivity index (χ4n) is 3.42. The number of methoxy groups -OCH3 is 1. The van der Waals surface area contributed by atoms with Gasteiger partial charge in [0.25, 0.3) is 0 Å². The minimum absolute atomic E-state index is 0.228. The smallest absolute Gasteiger partial charge is 0.227 e. The van der Waals surface area contributed by atoms with Crippen molar-refractivity contribution >= 4 is 40.1 Å². The summed E-state index contributed by atoms with van der Waals surface area (Å²) in [5, 5.41) is 18.1. The summed E-state index contributed by atoms with van der Waals surface area (Å²) in [6.07, 6.45) is 7.52. The van der Waals surface area contributed by atoms with Crippen molar-refractivity contribution in [3.63, 3.8) is 0 Å². The summed E-state index contributed by atoms with van der Waals surface area (Å²) in [6.45, 7) is 1.42. The molecule has 4 N–H and O–H groups in total. The van der Waals surface area contributed by atoms with Crippen LogP contribution in [0.2, 0.25) is 0 Å². The fraction of sp³-hybridized carbons (Fsp3) is 0.273. The van der Waals surface area contributed by atoms with Gasteiger partial charge in [0.05, 0.1) is 25.4 Å². The molecule has 0 amide bonds. The van der Waals surface area contributed by atoms with Crippen molar-refractivity contribution in [1.29, 1.82) is 5.41 Å². The Hall–Kier alpha value is -3.72. The second kappa shape index (κ2) is 9.40. The first-order chi connectivity index (χ1) is 15.2. The van der Waals surface area contributed by atoms with Crippen LogP contribution in [0.1, 0.15) is 12.0 Å². The predicted octanol–water partition coefficient (Wildman–Crippen LogP) is 3.19. The van der Waals surface area contributed by atoms with E-state index in [0.29, 0.717) is 24.1 Å². The maximum atomic E-state index is 7.61. The van der Waals surface area contributed by atoms with Gasteiger partial charge in [-0.25, -0.2) is 15.0 Å². The highest BCUT2D eigenvalue weighted by molar-refractivity contribution is 6.08. The van der Waals surface area contributed by atoms with Crippen LogP contribution in [0.3, 0.4) is 0 Å². The van der Waals surface area contributed by atoms with Crippen LogP contribution < -0.4 is 20.7 Å². The minimum atomic E-state index is 0.228. The lowest BCUT2D eigenvalue weighted by Crippen LogP contribution is -2.20. The Morgan fingerprint density at radius 3 is 2.94 bits per heavy atom. The highest BCUT2D eigenvalue weighted by Crippen LogP contribution is 2.30. The first-order valence-electron chi connectivity index (χ1n) is 10.0. The van der Waals surface area contributed by atoms with Crippen molar-refractivity contribution in [2.75, 3.05) is 38.0 Å². The third-order valence-corrected chi connectivity index (χ3v) is 5.01. The zero-order valence-corrected chi connectivity index (χ0v) is 17.5. The van der Waals surface area contributed by atoms with E-state index in [9.17, 15) is 0 Å². The average molecular weight is 419 g/mol. The highest BCUT2D eigenvalue weighted by Gasteiger charge is 2.18. The number of hydrogen-bond acceptors (Lipinski definition) is 9. The van der Waals surface area contributed by atoms with E-state index in [-0.39, 0.29) is 6.04 Å². The van der Waals surface area contributed by atoms with E-state index in [0.717, 1.165) is 40.8 Å². The summed E-state index contributed by atoms with van der Waals surface area (Å²) >= 11 is 0. The van der Waals surface area contributed by atoms with Gasteiger partial charge in [-0.2, -0.15) is 0 Å². The summed E-state index contributed by atoms with van der Waals surface area (Å²) in [5.74, 6) is 1.78. The molecule has 9 nitrogen and oxygen atoms in total. The molecular weight excluding hydrogens is 394 g/mol. The topological polar surface area (TPSA) is 117 Å². The molecule has 1 aliphatic rings. The SMILES string of the molecule is CN/C=C(\C=N)c1ccc(Nc2ncc3ccnc(NC4CCOC4)c3n2)c(OC)c1. The number of nitrogens with one attached hydrogen (secondary N) is 4. The number of hydrogen-bond donors (Lipinski definition) is 4. The van der Waals surface area contributed by atoms with Gasteiger partial charge in [0.1, 0.15) is 11.3 Å². The molecular formula is C22H25N7O2. The summed E-state index contributed by atoms with van der Waals surface area (Å²) in [4.78, 5) is 13.6. The number of fused-ring (bicyclic) bond motifs is 1. The summed E-state index contributed by atoms with van der Waals surface area (Å²) in [5.41, 5.74) is 3.07. The summed E-state index contributed by atoms with van der Waals surface area (Å²) in [6, 6.07) is 7.77. The molecule has 0 aliphatic carbocycles. The van der Waals surface area contributed by atoms with Gasteiger partial charge in [0, 0.05) is 49.4 Å². The maximum Gasteiger partial charge on any atom is 0.227 e. The van der Waals surface area contributed by atoms with Crippen LogP contribution in [0.5, 0.6) is 5.75 Å². The number of rotatable bonds is 8. The lowest BCUT2D eigenvalue weighted by molar-refractivity contribution is 0.195. The van der Waals surface area contributed by atoms with Gasteiger partial charge in [0.15, 0.2) is 5.82 Å². The molecule has 0 saturated carbocycles. The van der Waals surface area contributed by atoms with Crippen molar-refractivity contribution in [2.45, 2.75) is 12.5 Å². The molecule has 31 heavy (non-hydrogen) atoms. The Labute approximate surface area is 180 Å². The number of ether oxygens (including phenoxy) is 2. The van der Waals surface area contributed by atoms with Crippen LogP contribution in [-0.2, 0) is 4.74 Å². The van der Waals surface area contributed by atoms with Crippen molar-refractivity contribution in [1.82, 2.24) is 20.3 Å². The molecule has 1 saturated heterocycles. The van der Waals surface area contributed by atoms with Crippen LogP contribution in [0.15, 0.2) is 42.9 Å². The van der Waals surface area contributed by atoms with Gasteiger partial charge < -0.3 is 30.8 Å². The average Bonchev–Trinajstić information content (AvgIpc) is 3.31. The maximum absolute atomic E-state index is 7.61. The van der Waals surface area contributed by atoms with E-state index < -0.39 is 0 Å². The monoisotopic (exact) mass is 419 g/mol. The molecule has 3 heterocycles. The quantitative estimate of drug-likeness (QED) is 0.411. The molecule has 4 rings (SSSR count). The van der Waals surface area contributed by atoms with E-state index in [1.54, 1.807) is 32.8 Å². The van der Waals surface area contributed by atoms with Crippen molar-refractivity contribution in [3.8, 4) is 5.75 Å². The van der Waals surface area contributed by atoms with E-state index in [2.05, 4.69) is 30.9 Å². The zero-order valence-electron chi connectivity index (χ0n) is 17.5. The number of nitrogens with zero attached hydrogens (tertiary/aromatic N) is 3. The molecule has 0 radical (unpaired) electrons. The molecule has 2 aromatic heterocycles. The van der Waals surface area contributed by atoms with Gasteiger partial charge in [0.2, 0.25) is 5.95 Å². The second-order valence-electron chi connectivity index (χ2n) is 7.07. The Morgan fingerprint density at radius 2 is 2.19 bits per heavy atom. The molecule has 0 bridgehead atoms. The minimum Gasteiger partial charge on any atom is -0.495 e. The Morgan fingerprint density at radius 1 is 1.29 bits per heavy atom. The number of aromatic nitrogens is 3. The molecule has 0 spiro atoms. The Kier molecular flexibility index (Phi) is 6.23. The Bertz CT molecular complexity index is 1110. The number of anilines is 3. The van der Waals surface area contributed by atoms with E-state index in [4.69, 9.17) is 14.9 Å². The van der Waals surface area contributed by atoms with Gasteiger partial charge in [-0.05, 0) is 30.2 Å². The molecule has 1 unspecified atom stereocenters. The largest absolute Gasteiger partial charge is 0.495 e. The second-order valence-corrected chi connectivity index (χ2v) is 7.07. The van der Waals surface area contributed by atoms with Crippen LogP contribution in [-0.4, -0.2) is 54.6 Å². The normalized spacial score (nSPS) is 16.2. The molecule has 1 aliphatic heterocycles. The van der Waals surface area contributed by atoms with Gasteiger partial charge in [-0.1, -0.05) is 6.07 Å². The summed E-state index contributed by atoms with van der Waals surface area (Å²) in [7, 11) is 3.40. The lowest BCUT2D eigenvalue weighted by Gasteiger charge is -2.14. The lowest BCUT2D eigenvalue weighted by atomic mass is 10.1. The van der Waals surface area contributed by atoms with Crippen molar-refractivity contribution in [3.05, 3.63) is 48.4 Å². The van der Waals surface area contributed by atoms with Crippen molar-refractivity contribution < 1.29 is 9.47 Å². The number of benzene rings is 1. The van der Waals surface area contributed by atoms with E-state index in [1.165, 1.54) is 6.21 Å². The first-order valence-corrected chi connectivity index (χ1v) is 10.0. The standard InChI is InChI=1S/C22H25N7O2/c1-24-11-16(10-23)14-3-4-18(19(9-14)30-2)28-22-26-12-15-5-7-25-21(20(15)29-22)27-17-6-8-31-13-17/h3-5,7,9-12,17,23-24H,6,8,13H2,1-2H3,(H,25,27)(H,26,28,29)/b16-11+,23-10?. The third kappa shape index (κ3) is 4.56. The molecule has 3 aromatic rings. The van der Waals surface area contributed by atoms with Gasteiger partial charge in [-0.3, -0.25) is 0 Å². The first kappa shape index (κ1) is 20.5. The predicted molar refractivity (Wildman–Crippen MR) is 122 cm³/mol. The third-order valence-electron chi connectivity index (χ3n) is 5.01. The van der Waals surface area contributed by atoms with Crippen LogP contribution in [0.25, 0.3) is 16.5 Å². The van der Waals surface area contributed by atoms with Crippen molar-refractivity contribution in [2.24, 2.45) is 0 Å². The van der Waals surface area contributed by atoms with Crippen LogP contribution >= 0.6 is 0 Å². The van der Waals surface area contributed by atoms with E-state index >= 15 is 0 Å². The molecule has 1 atom stereocenters. The molecule has 160 valence electrons. The highest BCUT2D eigenvalue weighted by atomic mass is 16.5. The Balaban J connectivity index is 1.63. The number of allylic oxidation sites excluding steroid dienone is 1. The summed E-state index contributed by atoms with van der Waals surface area (Å²) < 4.78 is 11.0. The number of pyridine rings is 1. The fourth-order valence-corrected chi connectivity index (χ4v) is 3.42. The van der Waals surface area contributed by atoms with Gasteiger partial charge in [-0.15, -0.1) is 0 Å². The van der Waals surface area contributed by atoms with Gasteiger partial charge >= 0.3 is 0 Å². The van der Waals surface area contributed by atoms with E-state index in [1.807, 2.05) is 24.3 Å². The molecule has 9 heteroatoms. The van der Waals surface area contributed by atoms with Crippen LogP contribution in [0, 0.1) is 5.41 Å². The van der Waals surface area contributed by atoms with Crippen LogP contribution in [0.4, 0.5) is 17.5 Å².